The highest BCUT2D eigenvalue weighted by atomic mass is 35.5. The molecule has 0 bridgehead atoms. The van der Waals surface area contributed by atoms with E-state index in [1.54, 1.807) is 67.2 Å². The molecule has 4 rings (SSSR count). The number of aryl methyl sites for hydroxylation is 1. The van der Waals surface area contributed by atoms with Crippen LogP contribution in [-0.2, 0) is 16.0 Å². The molecule has 3 aromatic rings. The van der Waals surface area contributed by atoms with Gasteiger partial charge < -0.3 is 0 Å². The van der Waals surface area contributed by atoms with Gasteiger partial charge in [0.15, 0.2) is 12.4 Å². The van der Waals surface area contributed by atoms with Crippen molar-refractivity contribution < 1.29 is 14.2 Å². The smallest absolute Gasteiger partial charge is 0.294 e. The van der Waals surface area contributed by atoms with Gasteiger partial charge in [0.1, 0.15) is 5.57 Å². The molecule has 0 saturated heterocycles. The van der Waals surface area contributed by atoms with E-state index in [-0.39, 0.29) is 22.9 Å². The zero-order valence-corrected chi connectivity index (χ0v) is 18.2. The van der Waals surface area contributed by atoms with Crippen LogP contribution in [0.4, 0.5) is 0 Å². The Morgan fingerprint density at radius 1 is 1.00 bits per heavy atom. The summed E-state index contributed by atoms with van der Waals surface area (Å²) in [7, 11) is 0. The molecule has 8 heteroatoms. The molecule has 3 heterocycles. The lowest BCUT2D eigenvalue weighted by molar-refractivity contribution is -0.576. The van der Waals surface area contributed by atoms with Crippen molar-refractivity contribution in [2.24, 2.45) is 0 Å². The van der Waals surface area contributed by atoms with Crippen LogP contribution in [-0.4, -0.2) is 32.5 Å². The summed E-state index contributed by atoms with van der Waals surface area (Å²) in [5.41, 5.74) is 1.27. The lowest BCUT2D eigenvalue weighted by Gasteiger charge is -2.17. The average Bonchev–Trinajstić information content (AvgIpc) is 3.21. The number of hydrogen-bond acceptors (Lipinski definition) is 3. The van der Waals surface area contributed by atoms with Crippen LogP contribution in [0.2, 0.25) is 5.02 Å². The van der Waals surface area contributed by atoms with E-state index in [4.69, 9.17) is 11.6 Å². The number of pyridine rings is 1. The van der Waals surface area contributed by atoms with Crippen molar-refractivity contribution in [3.8, 4) is 5.69 Å². The molecule has 2 amide bonds. The Kier molecular flexibility index (Phi) is 5.37. The minimum absolute atomic E-state index is 0.112. The largest absolute Gasteiger partial charge is 0.327 e. The highest BCUT2D eigenvalue weighted by molar-refractivity contribution is 6.44. The average molecular weight is 438 g/mol. The van der Waals surface area contributed by atoms with Crippen molar-refractivity contribution in [3.05, 3.63) is 81.5 Å². The molecule has 0 spiro atoms. The Balaban J connectivity index is 2.01. The van der Waals surface area contributed by atoms with Crippen molar-refractivity contribution >= 4 is 34.7 Å². The van der Waals surface area contributed by atoms with Crippen LogP contribution >= 0.6 is 11.6 Å². The minimum Gasteiger partial charge on any atom is -0.294 e. The van der Waals surface area contributed by atoms with Crippen LogP contribution in [0.15, 0.2) is 59.7 Å². The fraction of sp³-hybridized carbons (Fsp3) is 0.217. The van der Waals surface area contributed by atoms with Gasteiger partial charge in [-0.05, 0) is 44.5 Å². The van der Waals surface area contributed by atoms with Gasteiger partial charge in [-0.1, -0.05) is 24.6 Å². The van der Waals surface area contributed by atoms with Crippen LogP contribution in [0.3, 0.4) is 0 Å². The lowest BCUT2D eigenvalue weighted by Crippen LogP contribution is -2.42. The number of nitrogens with zero attached hydrogens (tertiary/aromatic N) is 3. The monoisotopic (exact) mass is 437 g/mol. The first-order valence-corrected chi connectivity index (χ1v) is 10.4. The molecule has 31 heavy (non-hydrogen) atoms. The fourth-order valence-corrected chi connectivity index (χ4v) is 3.91. The topological polar surface area (TPSA) is 79.1 Å². The summed E-state index contributed by atoms with van der Waals surface area (Å²) in [5.74, 6) is -0.896. The summed E-state index contributed by atoms with van der Waals surface area (Å²) in [6, 6.07) is 11.8. The maximum atomic E-state index is 13.5. The van der Waals surface area contributed by atoms with Crippen molar-refractivity contribution in [1.29, 1.82) is 0 Å². The number of carbonyl (C=O) groups is 2. The molecule has 1 N–H and O–H groups in total. The summed E-state index contributed by atoms with van der Waals surface area (Å²) in [6.45, 7) is 5.43. The van der Waals surface area contributed by atoms with Crippen LogP contribution < -0.4 is 10.1 Å². The van der Waals surface area contributed by atoms with Gasteiger partial charge in [-0.25, -0.2) is 4.68 Å². The number of carbonyl (C=O) groups excluding carboxylic acids is 2. The fourth-order valence-electron chi connectivity index (χ4n) is 3.78. The van der Waals surface area contributed by atoms with E-state index in [9.17, 15) is 14.4 Å². The first-order chi connectivity index (χ1) is 14.8. The molecule has 0 fully saturated rings. The van der Waals surface area contributed by atoms with E-state index in [2.05, 4.69) is 5.10 Å². The second-order valence-electron chi connectivity index (χ2n) is 7.52. The Hall–Kier alpha value is -3.45. The van der Waals surface area contributed by atoms with E-state index in [0.29, 0.717) is 22.8 Å². The predicted molar refractivity (Wildman–Crippen MR) is 118 cm³/mol. The van der Waals surface area contributed by atoms with Gasteiger partial charge in [-0.3, -0.25) is 24.4 Å². The molecular weight excluding hydrogens is 416 g/mol. The number of amides is 2. The molecule has 0 saturated carbocycles. The van der Waals surface area contributed by atoms with Gasteiger partial charge in [0.2, 0.25) is 0 Å². The Labute approximate surface area is 184 Å². The molecule has 2 aromatic heterocycles. The number of hydrogen-bond donors (Lipinski definition) is 1. The van der Waals surface area contributed by atoms with Crippen molar-refractivity contribution in [3.63, 3.8) is 0 Å². The van der Waals surface area contributed by atoms with Gasteiger partial charge in [0, 0.05) is 28.9 Å². The number of imide groups is 1. The van der Waals surface area contributed by atoms with Gasteiger partial charge >= 0.3 is 5.91 Å². The Morgan fingerprint density at radius 2 is 1.65 bits per heavy atom. The standard InChI is InChI=1S/C23H21ClN4O3/c1-4-17-18(22(30)28(25-17)16-10-8-15(24)9-11-16)19-20(26-12-6-5-7-13-26)23(31)27(14(2)3)21(19)29/h5-14H,4H2,1-3H3/p+1. The quantitative estimate of drug-likeness (QED) is 0.492. The first-order valence-electron chi connectivity index (χ1n) is 10.0. The third-order valence-corrected chi connectivity index (χ3v) is 5.49. The van der Waals surface area contributed by atoms with E-state index < -0.39 is 17.4 Å². The van der Waals surface area contributed by atoms with Crippen LogP contribution in [0.1, 0.15) is 32.0 Å². The zero-order chi connectivity index (χ0) is 22.3. The van der Waals surface area contributed by atoms with Crippen molar-refractivity contribution in [1.82, 2.24) is 14.7 Å². The van der Waals surface area contributed by atoms with E-state index >= 15 is 0 Å². The highest BCUT2D eigenvalue weighted by Crippen LogP contribution is 2.31. The maximum Gasteiger partial charge on any atom is 0.327 e. The number of aromatic amines is 1. The SMILES string of the molecule is CCc1[nH]n(-c2ccc(Cl)cc2)c(=O)c1C1=C([n+]2ccccc2)C(=O)N(C(C)C)C1=O. The van der Waals surface area contributed by atoms with Crippen LogP contribution in [0.25, 0.3) is 17.0 Å². The van der Waals surface area contributed by atoms with Crippen LogP contribution in [0, 0.1) is 0 Å². The molecule has 1 aromatic carbocycles. The molecular formula is C23H22ClN4O3+. The molecule has 158 valence electrons. The van der Waals surface area contributed by atoms with E-state index in [1.807, 2.05) is 13.0 Å². The summed E-state index contributed by atoms with van der Waals surface area (Å²) >= 11 is 5.98. The van der Waals surface area contributed by atoms with Gasteiger partial charge in [-0.15, -0.1) is 0 Å². The second-order valence-corrected chi connectivity index (χ2v) is 7.95. The number of H-pyrrole nitrogens is 1. The summed E-state index contributed by atoms with van der Waals surface area (Å²) in [6.07, 6.45) is 3.87. The van der Waals surface area contributed by atoms with Crippen LogP contribution in [0.5, 0.6) is 0 Å². The van der Waals surface area contributed by atoms with Crippen molar-refractivity contribution in [2.45, 2.75) is 33.2 Å². The maximum absolute atomic E-state index is 13.5. The molecule has 1 aliphatic heterocycles. The van der Waals surface area contributed by atoms with E-state index in [1.165, 1.54) is 9.58 Å². The first kappa shape index (κ1) is 20.8. The Morgan fingerprint density at radius 3 is 2.23 bits per heavy atom. The summed E-state index contributed by atoms with van der Waals surface area (Å²) < 4.78 is 2.97. The molecule has 0 radical (unpaired) electrons. The van der Waals surface area contributed by atoms with Gasteiger partial charge in [0.25, 0.3) is 17.2 Å². The summed E-state index contributed by atoms with van der Waals surface area (Å²) in [5, 5.41) is 3.65. The number of nitrogens with one attached hydrogen (secondary N) is 1. The lowest BCUT2D eigenvalue weighted by atomic mass is 10.0. The number of rotatable bonds is 5. The van der Waals surface area contributed by atoms with Gasteiger partial charge in [0.05, 0.1) is 11.3 Å². The van der Waals surface area contributed by atoms with E-state index in [0.717, 1.165) is 0 Å². The normalized spacial score (nSPS) is 14.3. The highest BCUT2D eigenvalue weighted by Gasteiger charge is 2.48. The third-order valence-electron chi connectivity index (χ3n) is 5.23. The number of halogens is 1. The number of aromatic nitrogens is 3. The van der Waals surface area contributed by atoms with Crippen molar-refractivity contribution in [2.75, 3.05) is 0 Å². The molecule has 0 unspecified atom stereocenters. The Bertz CT molecular complexity index is 1250. The number of benzene rings is 1. The minimum atomic E-state index is -0.472. The molecule has 0 aliphatic carbocycles. The predicted octanol–water partition coefficient (Wildman–Crippen LogP) is 2.81. The molecule has 0 atom stereocenters. The van der Waals surface area contributed by atoms with Gasteiger partial charge in [-0.2, -0.15) is 4.57 Å². The molecule has 7 nitrogen and oxygen atoms in total. The third kappa shape index (κ3) is 3.41. The zero-order valence-electron chi connectivity index (χ0n) is 17.4. The summed E-state index contributed by atoms with van der Waals surface area (Å²) in [4.78, 5) is 41.4. The molecule has 1 aliphatic rings. The second kappa shape index (κ2) is 8.00.